The number of pyridine rings is 1. The highest BCUT2D eigenvalue weighted by molar-refractivity contribution is 7.89. The lowest BCUT2D eigenvalue weighted by Gasteiger charge is -2.32. The van der Waals surface area contributed by atoms with Crippen molar-refractivity contribution in [3.05, 3.63) is 87.2 Å². The van der Waals surface area contributed by atoms with Crippen molar-refractivity contribution in [2.75, 3.05) is 18.4 Å². The zero-order chi connectivity index (χ0) is 27.1. The first kappa shape index (κ1) is 25.7. The van der Waals surface area contributed by atoms with Gasteiger partial charge in [0.1, 0.15) is 5.82 Å². The second kappa shape index (κ2) is 9.72. The van der Waals surface area contributed by atoms with Crippen LogP contribution < -0.4 is 16.6 Å². The third kappa shape index (κ3) is 5.20. The second-order valence-electron chi connectivity index (χ2n) is 8.95. The van der Waals surface area contributed by atoms with E-state index in [2.05, 4.69) is 20.3 Å². The van der Waals surface area contributed by atoms with E-state index in [0.717, 1.165) is 12.3 Å². The minimum atomic E-state index is -4.46. The maximum absolute atomic E-state index is 13.2. The molecule has 38 heavy (non-hydrogen) atoms. The summed E-state index contributed by atoms with van der Waals surface area (Å²) >= 11 is 0. The molecule has 0 amide bonds. The van der Waals surface area contributed by atoms with Crippen LogP contribution in [0.15, 0.2) is 75.3 Å². The van der Waals surface area contributed by atoms with Crippen molar-refractivity contribution in [1.82, 2.24) is 19.3 Å². The van der Waals surface area contributed by atoms with Gasteiger partial charge < -0.3 is 10.3 Å². The Morgan fingerprint density at radius 2 is 1.61 bits per heavy atom. The van der Waals surface area contributed by atoms with Crippen LogP contribution in [-0.2, 0) is 16.2 Å². The van der Waals surface area contributed by atoms with E-state index in [1.54, 1.807) is 30.3 Å². The molecule has 198 valence electrons. The molecule has 9 nitrogen and oxygen atoms in total. The monoisotopic (exact) mass is 545 g/mol. The number of aromatic amines is 2. The van der Waals surface area contributed by atoms with Crippen LogP contribution in [0, 0.1) is 0 Å². The molecule has 2 aromatic heterocycles. The summed E-state index contributed by atoms with van der Waals surface area (Å²) in [5.74, 6) is 0.303. The number of rotatable bonds is 5. The molecule has 1 aliphatic heterocycles. The molecule has 5 rings (SSSR count). The number of benzene rings is 2. The van der Waals surface area contributed by atoms with Gasteiger partial charge >= 0.3 is 11.9 Å². The smallest absolute Gasteiger partial charge is 0.367 e. The van der Waals surface area contributed by atoms with Gasteiger partial charge in [-0.3, -0.25) is 9.78 Å². The zero-order valence-corrected chi connectivity index (χ0v) is 20.6. The van der Waals surface area contributed by atoms with Gasteiger partial charge in [-0.05, 0) is 60.4 Å². The van der Waals surface area contributed by atoms with Gasteiger partial charge in [0.25, 0.3) is 5.56 Å². The fourth-order valence-corrected chi connectivity index (χ4v) is 5.88. The van der Waals surface area contributed by atoms with E-state index in [9.17, 15) is 31.2 Å². The van der Waals surface area contributed by atoms with Gasteiger partial charge in [-0.1, -0.05) is 18.2 Å². The molecule has 1 saturated heterocycles. The number of hydrogen-bond donors (Lipinski definition) is 3. The molecule has 1 fully saturated rings. The van der Waals surface area contributed by atoms with Crippen molar-refractivity contribution in [2.45, 2.75) is 30.0 Å². The first-order valence-corrected chi connectivity index (χ1v) is 13.1. The van der Waals surface area contributed by atoms with E-state index in [-0.39, 0.29) is 24.0 Å². The Hall–Kier alpha value is -3.97. The highest BCUT2D eigenvalue weighted by Crippen LogP contribution is 2.30. The van der Waals surface area contributed by atoms with Gasteiger partial charge in [0.15, 0.2) is 0 Å². The number of fused-ring (bicyclic) bond motifs is 1. The third-order valence-electron chi connectivity index (χ3n) is 6.46. The molecule has 2 aromatic carbocycles. The topological polar surface area (TPSA) is 128 Å². The van der Waals surface area contributed by atoms with Gasteiger partial charge in [0.05, 0.1) is 21.4 Å². The molecule has 3 heterocycles. The lowest BCUT2D eigenvalue weighted by molar-refractivity contribution is -0.137. The Balaban J connectivity index is 1.25. The maximum atomic E-state index is 13.2. The second-order valence-corrected chi connectivity index (χ2v) is 10.9. The predicted molar refractivity (Wildman–Crippen MR) is 135 cm³/mol. The molecule has 0 bridgehead atoms. The van der Waals surface area contributed by atoms with Gasteiger partial charge in [-0.2, -0.15) is 17.5 Å². The normalized spacial score (nSPS) is 15.6. The number of halogens is 3. The maximum Gasteiger partial charge on any atom is 0.417 e. The van der Waals surface area contributed by atoms with E-state index in [0.29, 0.717) is 40.7 Å². The number of hydrogen-bond acceptors (Lipinski definition) is 6. The predicted octanol–water partition coefficient (Wildman–Crippen LogP) is 3.56. The van der Waals surface area contributed by atoms with Crippen molar-refractivity contribution in [2.24, 2.45) is 0 Å². The van der Waals surface area contributed by atoms with Crippen LogP contribution in [0.1, 0.15) is 18.4 Å². The van der Waals surface area contributed by atoms with Crippen LogP contribution in [0.5, 0.6) is 0 Å². The largest absolute Gasteiger partial charge is 0.417 e. The molecular formula is C25H22F3N5O4S. The van der Waals surface area contributed by atoms with Crippen LogP contribution in [0.4, 0.5) is 19.0 Å². The molecule has 4 aromatic rings. The van der Waals surface area contributed by atoms with E-state index < -0.39 is 33.0 Å². The molecule has 0 atom stereocenters. The number of H-pyrrole nitrogens is 2. The van der Waals surface area contributed by atoms with Gasteiger partial charge in [-0.25, -0.2) is 18.2 Å². The van der Waals surface area contributed by atoms with Crippen LogP contribution in [0.2, 0.25) is 0 Å². The van der Waals surface area contributed by atoms with Crippen LogP contribution in [0.25, 0.3) is 22.0 Å². The van der Waals surface area contributed by atoms with Crippen LogP contribution in [-0.4, -0.2) is 46.8 Å². The molecule has 0 aliphatic carbocycles. The third-order valence-corrected chi connectivity index (χ3v) is 8.37. The summed E-state index contributed by atoms with van der Waals surface area (Å²) in [6, 6.07) is 13.4. The quantitative estimate of drug-likeness (QED) is 0.352. The molecule has 0 radical (unpaired) electrons. The van der Waals surface area contributed by atoms with Crippen LogP contribution in [0.3, 0.4) is 0 Å². The summed E-state index contributed by atoms with van der Waals surface area (Å²) < 4.78 is 65.9. The molecule has 0 unspecified atom stereocenters. The fraction of sp³-hybridized carbons (Fsp3) is 0.240. The summed E-state index contributed by atoms with van der Waals surface area (Å²) in [5, 5.41) is 3.41. The number of sulfonamides is 1. The van der Waals surface area contributed by atoms with Gasteiger partial charge in [0.2, 0.25) is 10.0 Å². The number of nitrogens with zero attached hydrogens (tertiary/aromatic N) is 2. The lowest BCUT2D eigenvalue weighted by Crippen LogP contribution is -2.42. The standard InChI is InChI=1S/C25H22F3N5O4S/c26-25(27,28)17-4-8-22(29-14-17)30-18-9-11-33(12-10-18)38(36,37)19-5-1-15(2-6-19)16-3-7-20-21(13-16)31-24(35)32-23(20)34/h1-8,13-14,18H,9-12H2,(H,29,30)(H2,31,32,34,35). The molecule has 13 heteroatoms. The highest BCUT2D eigenvalue weighted by atomic mass is 32.2. The number of alkyl halides is 3. The molecule has 1 aliphatic rings. The zero-order valence-electron chi connectivity index (χ0n) is 19.7. The van der Waals surface area contributed by atoms with E-state index in [1.807, 2.05) is 0 Å². The summed E-state index contributed by atoms with van der Waals surface area (Å²) in [6.45, 7) is 0.490. The Morgan fingerprint density at radius 3 is 2.24 bits per heavy atom. The Morgan fingerprint density at radius 1 is 0.921 bits per heavy atom. The van der Waals surface area contributed by atoms with Crippen molar-refractivity contribution < 1.29 is 21.6 Å². The van der Waals surface area contributed by atoms with Crippen LogP contribution >= 0.6 is 0 Å². The molecule has 0 spiro atoms. The Labute approximate surface area is 214 Å². The fourth-order valence-electron chi connectivity index (χ4n) is 4.41. The number of piperidine rings is 1. The number of anilines is 1. The molecule has 0 saturated carbocycles. The molecule has 3 N–H and O–H groups in total. The SMILES string of the molecule is O=c1[nH]c(=O)c2ccc(-c3ccc(S(=O)(=O)N4CCC(Nc5ccc(C(F)(F)F)cn5)CC4)cc3)cc2[nH]1. The lowest BCUT2D eigenvalue weighted by atomic mass is 10.0. The average molecular weight is 546 g/mol. The summed E-state index contributed by atoms with van der Waals surface area (Å²) in [5.41, 5.74) is -0.163. The van der Waals surface area contributed by atoms with Crippen molar-refractivity contribution in [1.29, 1.82) is 0 Å². The van der Waals surface area contributed by atoms with Gasteiger partial charge in [-0.15, -0.1) is 0 Å². The average Bonchev–Trinajstić information content (AvgIpc) is 2.88. The molecular weight excluding hydrogens is 523 g/mol. The van der Waals surface area contributed by atoms with Crippen molar-refractivity contribution >= 4 is 26.7 Å². The summed E-state index contributed by atoms with van der Waals surface area (Å²) in [4.78, 5) is 32.2. The number of aromatic nitrogens is 3. The first-order chi connectivity index (χ1) is 18.0. The van der Waals surface area contributed by atoms with Crippen molar-refractivity contribution in [3.63, 3.8) is 0 Å². The Kier molecular flexibility index (Phi) is 6.57. The van der Waals surface area contributed by atoms with E-state index >= 15 is 0 Å². The minimum absolute atomic E-state index is 0.125. The minimum Gasteiger partial charge on any atom is -0.367 e. The van der Waals surface area contributed by atoms with Crippen molar-refractivity contribution in [3.8, 4) is 11.1 Å². The first-order valence-electron chi connectivity index (χ1n) is 11.7. The summed E-state index contributed by atoms with van der Waals surface area (Å²) in [6.07, 6.45) is -2.76. The number of nitrogens with one attached hydrogen (secondary N) is 3. The van der Waals surface area contributed by atoms with Gasteiger partial charge in [0, 0.05) is 25.3 Å². The highest BCUT2D eigenvalue weighted by Gasteiger charge is 2.32. The Bertz CT molecular complexity index is 1690. The van der Waals surface area contributed by atoms with E-state index in [4.69, 9.17) is 0 Å². The van der Waals surface area contributed by atoms with E-state index in [1.165, 1.54) is 22.5 Å². The summed E-state index contributed by atoms with van der Waals surface area (Å²) in [7, 11) is -3.75.